The molecule has 0 bridgehead atoms. The second-order valence-corrected chi connectivity index (χ2v) is 9.06. The third-order valence-corrected chi connectivity index (χ3v) is 6.46. The molecule has 32 heavy (non-hydrogen) atoms. The Morgan fingerprint density at radius 2 is 2.00 bits per heavy atom. The van der Waals surface area contributed by atoms with Gasteiger partial charge in [-0.25, -0.2) is 0 Å². The maximum absolute atomic E-state index is 13.0. The van der Waals surface area contributed by atoms with Crippen LogP contribution in [0.4, 0.5) is 0 Å². The van der Waals surface area contributed by atoms with E-state index >= 15 is 0 Å². The molecule has 0 spiro atoms. The minimum atomic E-state index is -0.168. The highest BCUT2D eigenvalue weighted by Gasteiger charge is 2.36. The van der Waals surface area contributed by atoms with Gasteiger partial charge < -0.3 is 23.8 Å². The molecule has 1 aromatic heterocycles. The molecule has 2 aliphatic rings. The Labute approximate surface area is 195 Å². The van der Waals surface area contributed by atoms with E-state index in [2.05, 4.69) is 21.1 Å². The zero-order chi connectivity index (χ0) is 22.5. The lowest BCUT2D eigenvalue weighted by molar-refractivity contribution is -0.137. The first-order valence-electron chi connectivity index (χ1n) is 11.1. The van der Waals surface area contributed by atoms with Gasteiger partial charge in [0.1, 0.15) is 17.6 Å². The number of nitrogens with zero attached hydrogens (tertiary/aromatic N) is 3. The quantitative estimate of drug-likeness (QED) is 0.599. The van der Waals surface area contributed by atoms with Gasteiger partial charge in [-0.05, 0) is 18.2 Å². The highest BCUT2D eigenvalue weighted by molar-refractivity contribution is 9.10. The molecule has 172 valence electrons. The van der Waals surface area contributed by atoms with Crippen LogP contribution in [0, 0.1) is 5.92 Å². The standard InChI is InChI=1S/C23H28BrN3O5/c1-2-18-14-20(25-32-18)23(29)27-7-6-21(31-19-5-3-4-17(24)13-19)16(15-27)12-22(28)26-8-10-30-11-9-26/h3-5,13-14,16,21H,2,6-12,15H2,1H3/t16-,21-/m0/s1. The molecule has 2 saturated heterocycles. The van der Waals surface area contributed by atoms with Crippen LogP contribution in [0.25, 0.3) is 0 Å². The van der Waals surface area contributed by atoms with Crippen LogP contribution < -0.4 is 4.74 Å². The summed E-state index contributed by atoms with van der Waals surface area (Å²) in [6, 6.07) is 9.38. The van der Waals surface area contributed by atoms with Crippen LogP contribution in [-0.2, 0) is 16.0 Å². The number of rotatable bonds is 6. The van der Waals surface area contributed by atoms with Crippen molar-refractivity contribution < 1.29 is 23.6 Å². The number of piperidine rings is 1. The molecule has 2 fully saturated rings. The summed E-state index contributed by atoms with van der Waals surface area (Å²) >= 11 is 3.48. The van der Waals surface area contributed by atoms with Crippen LogP contribution >= 0.6 is 15.9 Å². The van der Waals surface area contributed by atoms with Gasteiger partial charge >= 0.3 is 0 Å². The molecule has 0 radical (unpaired) electrons. The van der Waals surface area contributed by atoms with Crippen molar-refractivity contribution in [3.8, 4) is 5.75 Å². The molecule has 2 aromatic rings. The van der Waals surface area contributed by atoms with Crippen molar-refractivity contribution in [2.45, 2.75) is 32.3 Å². The molecule has 1 aromatic carbocycles. The number of carbonyl (C=O) groups is 2. The summed E-state index contributed by atoms with van der Waals surface area (Å²) in [5.74, 6) is 1.21. The van der Waals surface area contributed by atoms with Crippen LogP contribution in [0.1, 0.15) is 36.0 Å². The van der Waals surface area contributed by atoms with Gasteiger partial charge in [0.2, 0.25) is 5.91 Å². The fourth-order valence-electron chi connectivity index (χ4n) is 4.17. The first-order chi connectivity index (χ1) is 15.5. The lowest BCUT2D eigenvalue weighted by Crippen LogP contribution is -2.50. The van der Waals surface area contributed by atoms with E-state index in [0.717, 1.165) is 10.2 Å². The van der Waals surface area contributed by atoms with Crippen LogP contribution in [0.15, 0.2) is 39.3 Å². The van der Waals surface area contributed by atoms with Crippen LogP contribution in [0.3, 0.4) is 0 Å². The average Bonchev–Trinajstić information content (AvgIpc) is 3.30. The number of likely N-dealkylation sites (tertiary alicyclic amines) is 1. The van der Waals surface area contributed by atoms with E-state index in [0.29, 0.717) is 70.1 Å². The summed E-state index contributed by atoms with van der Waals surface area (Å²) in [5.41, 5.74) is 0.312. The van der Waals surface area contributed by atoms with Crippen molar-refractivity contribution in [2.75, 3.05) is 39.4 Å². The van der Waals surface area contributed by atoms with Gasteiger partial charge in [-0.1, -0.05) is 34.1 Å². The second kappa shape index (κ2) is 10.5. The minimum Gasteiger partial charge on any atom is -0.490 e. The molecule has 3 heterocycles. The Balaban J connectivity index is 1.48. The molecule has 0 aliphatic carbocycles. The summed E-state index contributed by atoms with van der Waals surface area (Å²) in [6.45, 7) is 5.24. The Morgan fingerprint density at radius 1 is 1.19 bits per heavy atom. The highest BCUT2D eigenvalue weighted by atomic mass is 79.9. The smallest absolute Gasteiger partial charge is 0.276 e. The first kappa shape index (κ1) is 22.8. The van der Waals surface area contributed by atoms with Gasteiger partial charge in [0, 0.05) is 61.9 Å². The van der Waals surface area contributed by atoms with Gasteiger partial charge in [0.15, 0.2) is 5.69 Å². The summed E-state index contributed by atoms with van der Waals surface area (Å²) in [6.07, 6.45) is 1.47. The summed E-state index contributed by atoms with van der Waals surface area (Å²) in [7, 11) is 0. The molecule has 9 heteroatoms. The molecular formula is C23H28BrN3O5. The van der Waals surface area contributed by atoms with E-state index in [-0.39, 0.29) is 23.8 Å². The van der Waals surface area contributed by atoms with E-state index in [9.17, 15) is 9.59 Å². The van der Waals surface area contributed by atoms with E-state index in [1.165, 1.54) is 0 Å². The van der Waals surface area contributed by atoms with Crippen molar-refractivity contribution in [3.63, 3.8) is 0 Å². The highest BCUT2D eigenvalue weighted by Crippen LogP contribution is 2.28. The molecular weight excluding hydrogens is 478 g/mol. The van der Waals surface area contributed by atoms with Gasteiger partial charge in [0.25, 0.3) is 5.91 Å². The van der Waals surface area contributed by atoms with Crippen LogP contribution in [-0.4, -0.2) is 72.3 Å². The third-order valence-electron chi connectivity index (χ3n) is 5.96. The third kappa shape index (κ3) is 5.50. The molecule has 4 rings (SSSR count). The summed E-state index contributed by atoms with van der Waals surface area (Å²) < 4.78 is 17.8. The van der Waals surface area contributed by atoms with Crippen LogP contribution in [0.5, 0.6) is 5.75 Å². The number of hydrogen-bond donors (Lipinski definition) is 0. The van der Waals surface area contributed by atoms with E-state index < -0.39 is 0 Å². The SMILES string of the molecule is CCc1cc(C(=O)N2CC[C@H](Oc3cccc(Br)c3)[C@@H](CC(=O)N3CCOCC3)C2)no1. The topological polar surface area (TPSA) is 85.1 Å². The monoisotopic (exact) mass is 505 g/mol. The van der Waals surface area contributed by atoms with Gasteiger partial charge in [-0.3, -0.25) is 9.59 Å². The molecule has 0 saturated carbocycles. The van der Waals surface area contributed by atoms with Crippen LogP contribution in [0.2, 0.25) is 0 Å². The fourth-order valence-corrected chi connectivity index (χ4v) is 4.55. The molecule has 2 amide bonds. The van der Waals surface area contributed by atoms with Gasteiger partial charge in [-0.15, -0.1) is 0 Å². The number of ether oxygens (including phenoxy) is 2. The first-order valence-corrected chi connectivity index (χ1v) is 11.9. The number of aryl methyl sites for hydroxylation is 1. The van der Waals surface area contributed by atoms with E-state index in [1.807, 2.05) is 36.1 Å². The lowest BCUT2D eigenvalue weighted by atomic mass is 9.90. The second-order valence-electron chi connectivity index (χ2n) is 8.14. The number of aromatic nitrogens is 1. The summed E-state index contributed by atoms with van der Waals surface area (Å²) in [5, 5.41) is 3.93. The zero-order valence-corrected chi connectivity index (χ0v) is 19.8. The van der Waals surface area contributed by atoms with Gasteiger partial charge in [0.05, 0.1) is 13.2 Å². The van der Waals surface area contributed by atoms with Gasteiger partial charge in [-0.2, -0.15) is 0 Å². The van der Waals surface area contributed by atoms with E-state index in [1.54, 1.807) is 11.0 Å². The molecule has 2 atom stereocenters. The number of morpholine rings is 1. The molecule has 0 unspecified atom stereocenters. The predicted octanol–water partition coefficient (Wildman–Crippen LogP) is 3.16. The maximum atomic E-state index is 13.0. The molecule has 2 aliphatic heterocycles. The lowest BCUT2D eigenvalue weighted by Gasteiger charge is -2.39. The number of amides is 2. The Hall–Kier alpha value is -2.39. The average molecular weight is 506 g/mol. The Morgan fingerprint density at radius 3 is 2.72 bits per heavy atom. The fraction of sp³-hybridized carbons (Fsp3) is 0.522. The maximum Gasteiger partial charge on any atom is 0.276 e. The zero-order valence-electron chi connectivity index (χ0n) is 18.2. The minimum absolute atomic E-state index is 0.0742. The van der Waals surface area contributed by atoms with Crippen molar-refractivity contribution in [1.82, 2.24) is 15.0 Å². The summed E-state index contributed by atoms with van der Waals surface area (Å²) in [4.78, 5) is 29.6. The van der Waals surface area contributed by atoms with Crippen molar-refractivity contribution in [1.29, 1.82) is 0 Å². The van der Waals surface area contributed by atoms with Crippen molar-refractivity contribution in [2.24, 2.45) is 5.92 Å². The van der Waals surface area contributed by atoms with E-state index in [4.69, 9.17) is 14.0 Å². The van der Waals surface area contributed by atoms with Crippen molar-refractivity contribution >= 4 is 27.7 Å². The van der Waals surface area contributed by atoms with Crippen molar-refractivity contribution in [3.05, 3.63) is 46.3 Å². The largest absolute Gasteiger partial charge is 0.490 e. The predicted molar refractivity (Wildman–Crippen MR) is 120 cm³/mol. The number of hydrogen-bond acceptors (Lipinski definition) is 6. The number of halogens is 1. The molecule has 8 nitrogen and oxygen atoms in total. The Bertz CT molecular complexity index is 943. The number of carbonyl (C=O) groups excluding carboxylic acids is 2. The Kier molecular flexibility index (Phi) is 7.47. The molecule has 0 N–H and O–H groups in total. The number of benzene rings is 1. The normalized spacial score (nSPS) is 21.4.